The molecule has 1 aliphatic heterocycles. The molecule has 7 rings (SSSR count). The normalized spacial score (nSPS) is 48.1. The Bertz CT molecular complexity index is 1190. The van der Waals surface area contributed by atoms with E-state index in [9.17, 15) is 20.1 Å². The van der Waals surface area contributed by atoms with Crippen LogP contribution in [0.15, 0.2) is 18.2 Å². The van der Waals surface area contributed by atoms with Gasteiger partial charge in [0.25, 0.3) is 0 Å². The van der Waals surface area contributed by atoms with Gasteiger partial charge in [0.1, 0.15) is 0 Å². The number of carbonyl (C=O) groups excluding carboxylic acids is 1. The third-order valence-electron chi connectivity index (χ3n) is 12.6. The van der Waals surface area contributed by atoms with E-state index in [1.807, 2.05) is 0 Å². The highest BCUT2D eigenvalue weighted by molar-refractivity contribution is 5.90. The maximum Gasteiger partial charge on any atom is 0.338 e. The lowest BCUT2D eigenvalue weighted by Crippen LogP contribution is -2.76. The van der Waals surface area contributed by atoms with E-state index in [4.69, 9.17) is 18.9 Å². The van der Waals surface area contributed by atoms with E-state index in [-0.39, 0.29) is 53.8 Å². The Morgan fingerprint density at radius 1 is 1.10 bits per heavy atom. The quantitative estimate of drug-likeness (QED) is 0.433. The van der Waals surface area contributed by atoms with Crippen LogP contribution in [-0.2, 0) is 9.47 Å². The summed E-state index contributed by atoms with van der Waals surface area (Å²) in [4.78, 5) is 15.8. The molecule has 0 radical (unpaired) electrons. The van der Waals surface area contributed by atoms with Crippen molar-refractivity contribution < 1.29 is 39.1 Å². The molecule has 5 aliphatic carbocycles. The largest absolute Gasteiger partial charge is 0.493 e. The van der Waals surface area contributed by atoms with Crippen LogP contribution in [0.2, 0.25) is 0 Å². The van der Waals surface area contributed by atoms with Gasteiger partial charge in [0.05, 0.1) is 50.3 Å². The second-order valence-corrected chi connectivity index (χ2v) is 13.5. The highest BCUT2D eigenvalue weighted by atomic mass is 16.5. The zero-order valence-corrected chi connectivity index (χ0v) is 23.9. The minimum atomic E-state index is -1.04. The van der Waals surface area contributed by atoms with Crippen molar-refractivity contribution in [1.29, 1.82) is 0 Å². The molecule has 6 aliphatic rings. The van der Waals surface area contributed by atoms with Crippen LogP contribution in [0.3, 0.4) is 0 Å². The van der Waals surface area contributed by atoms with E-state index in [0.717, 1.165) is 32.4 Å². The molecule has 0 unspecified atom stereocenters. The fraction of sp³-hybridized carbons (Fsp3) is 0.774. The van der Waals surface area contributed by atoms with Crippen LogP contribution in [0.25, 0.3) is 0 Å². The van der Waals surface area contributed by atoms with Crippen molar-refractivity contribution in [3.63, 3.8) is 0 Å². The second kappa shape index (κ2) is 9.04. The van der Waals surface area contributed by atoms with E-state index in [2.05, 4.69) is 11.8 Å². The highest BCUT2D eigenvalue weighted by Gasteiger charge is 2.83. The SMILES string of the molecule is CCN1C[C@]2(COC(=O)c3ccc(OC)c(OC)c3)CC[C@H](O)[C@@]34[C@@H]5C[C@H]6[C@H](O)[C@@H]5[C@](O)(C[C@@H]6OC)[C@@H](C[C@H]23)[C@@H]14. The average Bonchev–Trinajstić information content (AvgIpc) is 3.40. The molecular formula is C31H43NO8. The van der Waals surface area contributed by atoms with Crippen molar-refractivity contribution in [2.75, 3.05) is 41.0 Å². The van der Waals surface area contributed by atoms with Gasteiger partial charge in [0, 0.05) is 54.7 Å². The molecule has 5 saturated carbocycles. The van der Waals surface area contributed by atoms with Crippen molar-refractivity contribution >= 4 is 5.97 Å². The Hall–Kier alpha value is -1.91. The molecule has 1 aromatic carbocycles. The number of piperidine rings is 1. The van der Waals surface area contributed by atoms with E-state index < -0.39 is 29.2 Å². The summed E-state index contributed by atoms with van der Waals surface area (Å²) in [5.41, 5.74) is -1.40. The smallest absolute Gasteiger partial charge is 0.338 e. The van der Waals surface area contributed by atoms with E-state index in [1.165, 1.54) is 7.11 Å². The lowest BCUT2D eigenvalue weighted by Gasteiger charge is -2.69. The lowest BCUT2D eigenvalue weighted by molar-refractivity contribution is -0.271. The third kappa shape index (κ3) is 3.13. The molecule has 0 aromatic heterocycles. The first-order valence-corrected chi connectivity index (χ1v) is 14.9. The van der Waals surface area contributed by atoms with Crippen LogP contribution in [0.4, 0.5) is 0 Å². The first-order valence-electron chi connectivity index (χ1n) is 14.9. The summed E-state index contributed by atoms with van der Waals surface area (Å²) in [7, 11) is 4.78. The molecule has 220 valence electrons. The zero-order chi connectivity index (χ0) is 28.2. The third-order valence-corrected chi connectivity index (χ3v) is 12.6. The highest BCUT2D eigenvalue weighted by Crippen LogP contribution is 2.78. The number of hydrogen-bond donors (Lipinski definition) is 3. The number of aliphatic hydroxyl groups is 3. The van der Waals surface area contributed by atoms with Gasteiger partial charge in [-0.2, -0.15) is 0 Å². The van der Waals surface area contributed by atoms with Crippen molar-refractivity contribution in [3.05, 3.63) is 23.8 Å². The van der Waals surface area contributed by atoms with E-state index >= 15 is 0 Å². The predicted molar refractivity (Wildman–Crippen MR) is 144 cm³/mol. The number of nitrogens with zero attached hydrogens (tertiary/aromatic N) is 1. The van der Waals surface area contributed by atoms with Gasteiger partial charge in [-0.1, -0.05) is 6.92 Å². The minimum Gasteiger partial charge on any atom is -0.493 e. The summed E-state index contributed by atoms with van der Waals surface area (Å²) in [6.45, 7) is 3.98. The molecule has 12 atom stereocenters. The van der Waals surface area contributed by atoms with Crippen LogP contribution in [0, 0.1) is 40.4 Å². The molecule has 7 bridgehead atoms. The van der Waals surface area contributed by atoms with Crippen molar-refractivity contribution in [2.45, 2.75) is 69.0 Å². The van der Waals surface area contributed by atoms with Gasteiger partial charge in [0.2, 0.25) is 0 Å². The van der Waals surface area contributed by atoms with Crippen molar-refractivity contribution in [1.82, 2.24) is 4.90 Å². The molecule has 6 fully saturated rings. The number of methoxy groups -OCH3 is 3. The molecule has 1 aromatic rings. The minimum absolute atomic E-state index is 0.00280. The van der Waals surface area contributed by atoms with Crippen LogP contribution in [-0.4, -0.2) is 97.2 Å². The molecule has 9 heteroatoms. The topological polar surface area (TPSA) is 118 Å². The first kappa shape index (κ1) is 27.0. The van der Waals surface area contributed by atoms with Gasteiger partial charge in [-0.05, 0) is 62.3 Å². The maximum absolute atomic E-state index is 13.3. The lowest BCUT2D eigenvalue weighted by atomic mass is 9.43. The molecule has 9 nitrogen and oxygen atoms in total. The number of hydrogen-bond acceptors (Lipinski definition) is 9. The van der Waals surface area contributed by atoms with Gasteiger partial charge < -0.3 is 34.3 Å². The molecule has 40 heavy (non-hydrogen) atoms. The van der Waals surface area contributed by atoms with Gasteiger partial charge in [-0.25, -0.2) is 4.79 Å². The molecular weight excluding hydrogens is 514 g/mol. The molecule has 1 spiro atoms. The van der Waals surface area contributed by atoms with Crippen LogP contribution in [0.5, 0.6) is 11.5 Å². The molecule has 0 amide bonds. The summed E-state index contributed by atoms with van der Waals surface area (Å²) in [6, 6.07) is 5.08. The van der Waals surface area contributed by atoms with Crippen LogP contribution >= 0.6 is 0 Å². The predicted octanol–water partition coefficient (Wildman–Crippen LogP) is 2.10. The summed E-state index contributed by atoms with van der Waals surface area (Å²) in [6.07, 6.45) is 2.13. The fourth-order valence-corrected chi connectivity index (χ4v) is 11.3. The number of fused-ring (bicyclic) bond motifs is 2. The number of carbonyl (C=O) groups is 1. The number of aliphatic hydroxyl groups excluding tert-OH is 2. The van der Waals surface area contributed by atoms with Crippen LogP contribution in [0.1, 0.15) is 49.4 Å². The monoisotopic (exact) mass is 557 g/mol. The Morgan fingerprint density at radius 3 is 2.58 bits per heavy atom. The number of rotatable bonds is 7. The van der Waals surface area contributed by atoms with Crippen molar-refractivity contribution in [3.8, 4) is 11.5 Å². The summed E-state index contributed by atoms with van der Waals surface area (Å²) in [5.74, 6) is 0.358. The van der Waals surface area contributed by atoms with Gasteiger partial charge in [-0.3, -0.25) is 4.90 Å². The molecule has 1 saturated heterocycles. The number of benzene rings is 1. The molecule has 1 heterocycles. The fourth-order valence-electron chi connectivity index (χ4n) is 11.3. The van der Waals surface area contributed by atoms with Crippen molar-refractivity contribution in [2.24, 2.45) is 40.4 Å². The Morgan fingerprint density at radius 2 is 1.88 bits per heavy atom. The zero-order valence-electron chi connectivity index (χ0n) is 23.9. The van der Waals surface area contributed by atoms with Gasteiger partial charge in [0.15, 0.2) is 11.5 Å². The van der Waals surface area contributed by atoms with Gasteiger partial charge in [-0.15, -0.1) is 0 Å². The average molecular weight is 558 g/mol. The van der Waals surface area contributed by atoms with E-state index in [0.29, 0.717) is 29.9 Å². The summed E-state index contributed by atoms with van der Waals surface area (Å²) in [5, 5.41) is 36.0. The second-order valence-electron chi connectivity index (χ2n) is 13.5. The Labute approximate surface area is 235 Å². The summed E-state index contributed by atoms with van der Waals surface area (Å²) < 4.78 is 22.7. The van der Waals surface area contributed by atoms with Gasteiger partial charge >= 0.3 is 5.97 Å². The maximum atomic E-state index is 13.3. The summed E-state index contributed by atoms with van der Waals surface area (Å²) >= 11 is 0. The Kier molecular flexibility index (Phi) is 6.09. The number of ether oxygens (including phenoxy) is 4. The number of esters is 1. The number of likely N-dealkylation sites (tertiary alicyclic amines) is 1. The van der Waals surface area contributed by atoms with Crippen LogP contribution < -0.4 is 9.47 Å². The Balaban J connectivity index is 1.26. The molecule has 3 N–H and O–H groups in total. The standard InChI is InChI=1S/C31H43NO8/c1-5-32-14-29(15-40-28(35)16-6-7-20(37-2)21(10-16)38-3)9-8-24(33)31-18-11-17-22(39-4)13-30(36,25(18)26(17)34)19(27(31)32)12-23(29)31/h6-7,10,17-19,22-27,33-34,36H,5,8-9,11-15H2,1-4H3/t17-,18-,19+,22+,23-,24+,25-,26+,27-,29+,30+,31-/m1/s1. The van der Waals surface area contributed by atoms with E-state index in [1.54, 1.807) is 32.4 Å². The first-order chi connectivity index (χ1) is 19.2.